The Hall–Kier alpha value is -3.56. The van der Waals surface area contributed by atoms with Gasteiger partial charge in [-0.05, 0) is 47.7 Å². The van der Waals surface area contributed by atoms with Gasteiger partial charge in [-0.25, -0.2) is 8.78 Å². The molecule has 3 aliphatic rings. The maximum absolute atomic E-state index is 15.7. The van der Waals surface area contributed by atoms with E-state index in [1.807, 2.05) is 65.6 Å². The summed E-state index contributed by atoms with van der Waals surface area (Å²) in [5.41, 5.74) is 3.16. The van der Waals surface area contributed by atoms with Crippen LogP contribution >= 0.6 is 11.8 Å². The molecule has 2 fully saturated rings. The molecule has 0 radical (unpaired) electrons. The van der Waals surface area contributed by atoms with Crippen LogP contribution in [0.1, 0.15) is 52.4 Å². The lowest BCUT2D eigenvalue weighted by Crippen LogP contribution is -2.52. The van der Waals surface area contributed by atoms with Gasteiger partial charge >= 0.3 is 0 Å². The molecular formula is C31H29F2N3O3S. The zero-order valence-corrected chi connectivity index (χ0v) is 22.6. The first-order chi connectivity index (χ1) is 19.3. The van der Waals surface area contributed by atoms with Gasteiger partial charge in [0.2, 0.25) is 11.8 Å². The third kappa shape index (κ3) is 5.15. The van der Waals surface area contributed by atoms with E-state index in [2.05, 4.69) is 5.32 Å². The van der Waals surface area contributed by atoms with E-state index in [0.29, 0.717) is 29.0 Å². The van der Waals surface area contributed by atoms with Gasteiger partial charge in [0.05, 0.1) is 17.8 Å². The highest BCUT2D eigenvalue weighted by atomic mass is 32.2. The highest BCUT2D eigenvalue weighted by Gasteiger charge is 2.47. The topological polar surface area (TPSA) is 69.7 Å². The summed E-state index contributed by atoms with van der Waals surface area (Å²) in [6.45, 7) is 0.389. The van der Waals surface area contributed by atoms with Crippen LogP contribution in [-0.4, -0.2) is 57.8 Å². The first kappa shape index (κ1) is 26.7. The fourth-order valence-electron chi connectivity index (χ4n) is 5.98. The van der Waals surface area contributed by atoms with Crippen LogP contribution in [0.4, 0.5) is 8.78 Å². The van der Waals surface area contributed by atoms with Crippen LogP contribution in [0.15, 0.2) is 83.8 Å². The smallest absolute Gasteiger partial charge is 0.272 e. The molecule has 2 atom stereocenters. The summed E-state index contributed by atoms with van der Waals surface area (Å²) in [5.74, 6) is -4.01. The predicted octanol–water partition coefficient (Wildman–Crippen LogP) is 5.04. The summed E-state index contributed by atoms with van der Waals surface area (Å²) >= 11 is 1.15. The monoisotopic (exact) mass is 561 g/mol. The number of carbonyl (C=O) groups excluding carboxylic acids is 3. The number of thioether (sulfide) groups is 1. The molecule has 3 aromatic rings. The van der Waals surface area contributed by atoms with Gasteiger partial charge in [0, 0.05) is 30.0 Å². The van der Waals surface area contributed by atoms with Gasteiger partial charge < -0.3 is 4.90 Å². The van der Waals surface area contributed by atoms with E-state index < -0.39 is 23.1 Å². The molecule has 0 spiro atoms. The Balaban J connectivity index is 1.17. The van der Waals surface area contributed by atoms with E-state index in [9.17, 15) is 14.4 Å². The Labute approximate surface area is 235 Å². The van der Waals surface area contributed by atoms with Crippen LogP contribution in [0, 0.1) is 0 Å². The first-order valence-electron chi connectivity index (χ1n) is 13.5. The maximum atomic E-state index is 15.7. The second kappa shape index (κ2) is 10.8. The van der Waals surface area contributed by atoms with Crippen LogP contribution in [0.2, 0.25) is 0 Å². The third-order valence-electron chi connectivity index (χ3n) is 7.93. The molecule has 3 amide bonds. The molecule has 0 aromatic heterocycles. The zero-order valence-electron chi connectivity index (χ0n) is 21.8. The zero-order chi connectivity index (χ0) is 27.9. The first-order valence-corrected chi connectivity index (χ1v) is 14.3. The molecule has 0 bridgehead atoms. The lowest BCUT2D eigenvalue weighted by molar-refractivity contribution is -0.136. The molecule has 6 rings (SSSR count). The number of alkyl halides is 2. The lowest BCUT2D eigenvalue weighted by atomic mass is 9.94. The fraction of sp³-hybridized carbons (Fsp3) is 0.323. The number of likely N-dealkylation sites (tertiary alicyclic amines) is 1. The van der Waals surface area contributed by atoms with Crippen molar-refractivity contribution in [3.05, 3.63) is 101 Å². The largest absolute Gasteiger partial charge is 0.322 e. The van der Waals surface area contributed by atoms with Gasteiger partial charge in [0.25, 0.3) is 11.8 Å². The number of hydrogen-bond donors (Lipinski definition) is 1. The Morgan fingerprint density at radius 2 is 1.57 bits per heavy atom. The second-order valence-corrected chi connectivity index (χ2v) is 11.8. The molecule has 3 heterocycles. The summed E-state index contributed by atoms with van der Waals surface area (Å²) < 4.78 is 31.4. The van der Waals surface area contributed by atoms with Crippen molar-refractivity contribution in [3.63, 3.8) is 0 Å². The summed E-state index contributed by atoms with van der Waals surface area (Å²) in [6.07, 6.45) is 0.775. The normalized spacial score (nSPS) is 22.9. The van der Waals surface area contributed by atoms with E-state index in [0.717, 1.165) is 22.9 Å². The average Bonchev–Trinajstić information content (AvgIpc) is 3.26. The van der Waals surface area contributed by atoms with Crippen molar-refractivity contribution in [2.75, 3.05) is 13.1 Å². The third-order valence-corrected chi connectivity index (χ3v) is 9.32. The number of benzene rings is 3. The highest BCUT2D eigenvalue weighted by molar-refractivity contribution is 8.00. The van der Waals surface area contributed by atoms with E-state index in [1.54, 1.807) is 18.2 Å². The maximum Gasteiger partial charge on any atom is 0.272 e. The van der Waals surface area contributed by atoms with Crippen molar-refractivity contribution < 1.29 is 23.2 Å². The number of piperidine rings is 2. The van der Waals surface area contributed by atoms with Gasteiger partial charge in [-0.15, -0.1) is 11.8 Å². The van der Waals surface area contributed by atoms with E-state index >= 15 is 8.78 Å². The molecule has 2 unspecified atom stereocenters. The highest BCUT2D eigenvalue weighted by Crippen LogP contribution is 2.43. The number of carbonyl (C=O) groups is 3. The van der Waals surface area contributed by atoms with Crippen LogP contribution in [0.25, 0.3) is 0 Å². The van der Waals surface area contributed by atoms with Gasteiger partial charge in [-0.2, -0.15) is 0 Å². The van der Waals surface area contributed by atoms with E-state index in [4.69, 9.17) is 0 Å². The molecule has 40 heavy (non-hydrogen) atoms. The molecule has 3 aliphatic heterocycles. The molecule has 9 heteroatoms. The molecule has 0 saturated carbocycles. The number of nitrogens with zero attached hydrogens (tertiary/aromatic N) is 2. The number of imide groups is 1. The minimum absolute atomic E-state index is 0.181. The second-order valence-electron chi connectivity index (χ2n) is 10.6. The molecule has 0 aliphatic carbocycles. The molecule has 3 aromatic carbocycles. The number of rotatable bonds is 6. The van der Waals surface area contributed by atoms with Crippen LogP contribution < -0.4 is 5.32 Å². The Morgan fingerprint density at radius 1 is 0.900 bits per heavy atom. The molecule has 206 valence electrons. The standard InChI is InChI=1S/C31H29F2N3O3S/c32-31(33)19-35(28(20-7-3-1-4-8-20)21-9-5-2-6-10-21)16-15-26(31)40-23-11-12-24-22(17-23)18-36(30(24)39)25-13-14-27(37)34-29(25)38/h1-12,17,25-26,28H,13-16,18-19H2,(H,34,37,38). The van der Waals surface area contributed by atoms with Crippen molar-refractivity contribution in [2.24, 2.45) is 0 Å². The van der Waals surface area contributed by atoms with Crippen molar-refractivity contribution in [2.45, 2.75) is 54.0 Å². The Bertz CT molecular complexity index is 1400. The number of fused-ring (bicyclic) bond motifs is 1. The number of hydrogen-bond acceptors (Lipinski definition) is 5. The van der Waals surface area contributed by atoms with E-state index in [-0.39, 0.29) is 43.8 Å². The minimum atomic E-state index is -2.93. The molecule has 1 N–H and O–H groups in total. The van der Waals surface area contributed by atoms with Crippen molar-refractivity contribution in [1.82, 2.24) is 15.1 Å². The van der Waals surface area contributed by atoms with Crippen LogP contribution in [-0.2, 0) is 16.1 Å². The molecular weight excluding hydrogens is 532 g/mol. The van der Waals surface area contributed by atoms with Crippen LogP contribution in [0.5, 0.6) is 0 Å². The van der Waals surface area contributed by atoms with Crippen molar-refractivity contribution in [3.8, 4) is 0 Å². The fourth-order valence-corrected chi connectivity index (χ4v) is 7.14. The average molecular weight is 562 g/mol. The van der Waals surface area contributed by atoms with Crippen LogP contribution in [0.3, 0.4) is 0 Å². The number of nitrogens with one attached hydrogen (secondary N) is 1. The van der Waals surface area contributed by atoms with Gasteiger partial charge in [-0.3, -0.25) is 24.6 Å². The Kier molecular flexibility index (Phi) is 7.18. The summed E-state index contributed by atoms with van der Waals surface area (Å²) in [4.78, 5) is 40.9. The SMILES string of the molecule is O=C1CCC(N2Cc3cc(SC4CCN(C(c5ccccc5)c5ccccc5)CC4(F)F)ccc3C2=O)C(=O)N1. The lowest BCUT2D eigenvalue weighted by Gasteiger charge is -2.42. The Morgan fingerprint density at radius 3 is 2.20 bits per heavy atom. The number of halogens is 2. The van der Waals surface area contributed by atoms with Crippen molar-refractivity contribution in [1.29, 1.82) is 0 Å². The van der Waals surface area contributed by atoms with Crippen molar-refractivity contribution >= 4 is 29.5 Å². The van der Waals surface area contributed by atoms with Gasteiger partial charge in [-0.1, -0.05) is 60.7 Å². The summed E-state index contributed by atoms with van der Waals surface area (Å²) in [6, 6.07) is 23.8. The van der Waals surface area contributed by atoms with E-state index in [1.165, 1.54) is 4.90 Å². The van der Waals surface area contributed by atoms with Gasteiger partial charge in [0.1, 0.15) is 6.04 Å². The van der Waals surface area contributed by atoms with Gasteiger partial charge in [0.15, 0.2) is 0 Å². The predicted molar refractivity (Wildman–Crippen MR) is 148 cm³/mol. The molecule has 6 nitrogen and oxygen atoms in total. The quantitative estimate of drug-likeness (QED) is 0.427. The summed E-state index contributed by atoms with van der Waals surface area (Å²) in [5, 5.41) is 1.39. The summed E-state index contributed by atoms with van der Waals surface area (Å²) in [7, 11) is 0. The number of amides is 3. The minimum Gasteiger partial charge on any atom is -0.322 e. The molecule has 2 saturated heterocycles.